The molecule has 0 radical (unpaired) electrons. The van der Waals surface area contributed by atoms with Gasteiger partial charge < -0.3 is 26.2 Å². The molecule has 44 heavy (non-hydrogen) atoms. The molecule has 1 fully saturated rings. The van der Waals surface area contributed by atoms with Gasteiger partial charge in [-0.3, -0.25) is 19.2 Å². The SMILES string of the molecule is O=C(O)CC1(CC(=O)Nc2cccc(C(=O)N[C@@H](Cc3ccc(NC(=O)c4c(Cl)cccc4Cl)cc3)C(=O)O)c2)CCCC1. The van der Waals surface area contributed by atoms with Gasteiger partial charge in [0, 0.05) is 29.8 Å². The molecule has 230 valence electrons. The molecule has 10 nitrogen and oxygen atoms in total. The van der Waals surface area contributed by atoms with Crippen LogP contribution in [0.3, 0.4) is 0 Å². The van der Waals surface area contributed by atoms with E-state index in [1.165, 1.54) is 12.1 Å². The largest absolute Gasteiger partial charge is 0.481 e. The van der Waals surface area contributed by atoms with Crippen molar-refractivity contribution in [2.75, 3.05) is 10.6 Å². The zero-order chi connectivity index (χ0) is 31.9. The summed E-state index contributed by atoms with van der Waals surface area (Å²) in [6, 6.07) is 16.0. The summed E-state index contributed by atoms with van der Waals surface area (Å²) in [5.41, 5.74) is 1.07. The first-order valence-electron chi connectivity index (χ1n) is 13.9. The minimum absolute atomic E-state index is 0.0340. The summed E-state index contributed by atoms with van der Waals surface area (Å²) in [5.74, 6) is -3.67. The highest BCUT2D eigenvalue weighted by Crippen LogP contribution is 2.44. The Labute approximate surface area is 263 Å². The molecule has 3 amide bonds. The summed E-state index contributed by atoms with van der Waals surface area (Å²) >= 11 is 12.2. The number of carboxylic acids is 2. The van der Waals surface area contributed by atoms with Crippen molar-refractivity contribution < 1.29 is 34.2 Å². The molecule has 1 atom stereocenters. The average Bonchev–Trinajstić information content (AvgIpc) is 3.40. The van der Waals surface area contributed by atoms with Crippen LogP contribution in [0.2, 0.25) is 10.0 Å². The number of carbonyl (C=O) groups excluding carboxylic acids is 3. The van der Waals surface area contributed by atoms with E-state index in [4.69, 9.17) is 23.2 Å². The molecule has 0 saturated heterocycles. The lowest BCUT2D eigenvalue weighted by atomic mass is 9.79. The number of halogens is 2. The predicted molar refractivity (Wildman–Crippen MR) is 166 cm³/mol. The second-order valence-electron chi connectivity index (χ2n) is 10.9. The third-order valence-electron chi connectivity index (χ3n) is 7.58. The highest BCUT2D eigenvalue weighted by Gasteiger charge is 2.38. The van der Waals surface area contributed by atoms with E-state index in [0.717, 1.165) is 12.8 Å². The van der Waals surface area contributed by atoms with Crippen molar-refractivity contribution in [3.63, 3.8) is 0 Å². The Kier molecular flexibility index (Phi) is 10.6. The van der Waals surface area contributed by atoms with Gasteiger partial charge in [-0.05, 0) is 66.3 Å². The van der Waals surface area contributed by atoms with Gasteiger partial charge in [-0.25, -0.2) is 4.79 Å². The lowest BCUT2D eigenvalue weighted by Crippen LogP contribution is -2.42. The molecule has 4 rings (SSSR count). The Hall–Kier alpha value is -4.41. The average molecular weight is 641 g/mol. The number of amides is 3. The standard InChI is InChI=1S/C32H31Cl2N3O7/c33-23-7-4-8-24(34)28(23)30(42)36-21-11-9-19(10-12-21)15-25(31(43)44)37-29(41)20-5-3-6-22(16-20)35-26(38)17-32(18-27(39)40)13-1-2-14-32/h3-12,16,25H,1-2,13-15,17-18H2,(H,35,38)(H,36,42)(H,37,41)(H,39,40)(H,43,44)/t25-/m0/s1. The monoisotopic (exact) mass is 639 g/mol. The Morgan fingerprint density at radius 1 is 0.773 bits per heavy atom. The van der Waals surface area contributed by atoms with Crippen molar-refractivity contribution in [2.24, 2.45) is 5.41 Å². The molecule has 3 aromatic carbocycles. The number of nitrogens with one attached hydrogen (secondary N) is 3. The predicted octanol–water partition coefficient (Wildman–Crippen LogP) is 6.04. The summed E-state index contributed by atoms with van der Waals surface area (Å²) in [7, 11) is 0. The Bertz CT molecular complexity index is 1550. The fourth-order valence-electron chi connectivity index (χ4n) is 5.46. The fraction of sp³-hybridized carbons (Fsp3) is 0.281. The zero-order valence-electron chi connectivity index (χ0n) is 23.6. The number of benzene rings is 3. The van der Waals surface area contributed by atoms with Crippen LogP contribution in [0.5, 0.6) is 0 Å². The van der Waals surface area contributed by atoms with Gasteiger partial charge in [0.25, 0.3) is 11.8 Å². The third kappa shape index (κ3) is 8.58. The smallest absolute Gasteiger partial charge is 0.326 e. The van der Waals surface area contributed by atoms with Gasteiger partial charge in [-0.2, -0.15) is 0 Å². The van der Waals surface area contributed by atoms with Crippen LogP contribution in [0.25, 0.3) is 0 Å². The van der Waals surface area contributed by atoms with E-state index in [1.54, 1.807) is 54.6 Å². The van der Waals surface area contributed by atoms with Crippen LogP contribution < -0.4 is 16.0 Å². The van der Waals surface area contributed by atoms with Crippen LogP contribution in [-0.4, -0.2) is 45.9 Å². The number of rotatable bonds is 12. The molecule has 0 unspecified atom stereocenters. The summed E-state index contributed by atoms with van der Waals surface area (Å²) < 4.78 is 0. The van der Waals surface area contributed by atoms with E-state index < -0.39 is 35.2 Å². The number of carboxylic acid groups (broad SMARTS) is 2. The Morgan fingerprint density at radius 3 is 2.02 bits per heavy atom. The second kappa shape index (κ2) is 14.4. The quantitative estimate of drug-likeness (QED) is 0.161. The zero-order valence-corrected chi connectivity index (χ0v) is 25.1. The van der Waals surface area contributed by atoms with Crippen molar-refractivity contribution >= 4 is 64.2 Å². The third-order valence-corrected chi connectivity index (χ3v) is 8.21. The van der Waals surface area contributed by atoms with E-state index >= 15 is 0 Å². The topological polar surface area (TPSA) is 162 Å². The fourth-order valence-corrected chi connectivity index (χ4v) is 6.02. The maximum atomic E-state index is 13.0. The maximum absolute atomic E-state index is 13.0. The van der Waals surface area contributed by atoms with Crippen molar-refractivity contribution in [1.82, 2.24) is 5.32 Å². The van der Waals surface area contributed by atoms with Gasteiger partial charge in [0.1, 0.15) is 6.04 Å². The second-order valence-corrected chi connectivity index (χ2v) is 11.7. The molecule has 12 heteroatoms. The lowest BCUT2D eigenvalue weighted by molar-refractivity contribution is -0.140. The number of anilines is 2. The molecule has 0 aliphatic heterocycles. The summed E-state index contributed by atoms with van der Waals surface area (Å²) in [6.07, 6.45) is 3.04. The van der Waals surface area contributed by atoms with Crippen molar-refractivity contribution in [3.8, 4) is 0 Å². The minimum atomic E-state index is -1.26. The lowest BCUT2D eigenvalue weighted by Gasteiger charge is -2.26. The molecular weight excluding hydrogens is 609 g/mol. The number of hydrogen-bond donors (Lipinski definition) is 5. The highest BCUT2D eigenvalue weighted by atomic mass is 35.5. The van der Waals surface area contributed by atoms with E-state index in [0.29, 0.717) is 29.8 Å². The van der Waals surface area contributed by atoms with Crippen LogP contribution in [0.4, 0.5) is 11.4 Å². The molecule has 0 spiro atoms. The summed E-state index contributed by atoms with van der Waals surface area (Å²) in [5, 5.41) is 27.4. The number of hydrogen-bond acceptors (Lipinski definition) is 5. The summed E-state index contributed by atoms with van der Waals surface area (Å²) in [4.78, 5) is 61.7. The van der Waals surface area contributed by atoms with Crippen LogP contribution >= 0.6 is 23.2 Å². The van der Waals surface area contributed by atoms with E-state index in [2.05, 4.69) is 16.0 Å². The highest BCUT2D eigenvalue weighted by molar-refractivity contribution is 6.40. The Morgan fingerprint density at radius 2 is 1.41 bits per heavy atom. The molecule has 0 bridgehead atoms. The van der Waals surface area contributed by atoms with Crippen molar-refractivity contribution in [2.45, 2.75) is 51.0 Å². The van der Waals surface area contributed by atoms with Crippen LogP contribution in [0.15, 0.2) is 66.7 Å². The maximum Gasteiger partial charge on any atom is 0.326 e. The van der Waals surface area contributed by atoms with Crippen LogP contribution in [0, 0.1) is 5.41 Å². The first kappa shape index (κ1) is 32.5. The molecule has 1 saturated carbocycles. The van der Waals surface area contributed by atoms with Gasteiger partial charge in [0.05, 0.1) is 22.0 Å². The van der Waals surface area contributed by atoms with Gasteiger partial charge in [0.2, 0.25) is 5.91 Å². The summed E-state index contributed by atoms with van der Waals surface area (Å²) in [6.45, 7) is 0. The molecule has 1 aliphatic rings. The number of aliphatic carboxylic acids is 2. The molecule has 5 N–H and O–H groups in total. The van der Waals surface area contributed by atoms with Gasteiger partial charge in [-0.15, -0.1) is 0 Å². The van der Waals surface area contributed by atoms with Gasteiger partial charge >= 0.3 is 11.9 Å². The van der Waals surface area contributed by atoms with Crippen molar-refractivity contribution in [1.29, 1.82) is 0 Å². The van der Waals surface area contributed by atoms with Crippen molar-refractivity contribution in [3.05, 3.63) is 93.5 Å². The van der Waals surface area contributed by atoms with E-state index in [9.17, 15) is 34.2 Å². The molecule has 1 aliphatic carbocycles. The van der Waals surface area contributed by atoms with E-state index in [1.807, 2.05) is 0 Å². The van der Waals surface area contributed by atoms with Crippen LogP contribution in [-0.2, 0) is 20.8 Å². The van der Waals surface area contributed by atoms with Gasteiger partial charge in [-0.1, -0.05) is 60.3 Å². The van der Waals surface area contributed by atoms with Crippen LogP contribution in [0.1, 0.15) is 64.8 Å². The number of carbonyl (C=O) groups is 5. The minimum Gasteiger partial charge on any atom is -0.481 e. The molecule has 3 aromatic rings. The Balaban J connectivity index is 1.36. The first-order chi connectivity index (χ1) is 20.9. The van der Waals surface area contributed by atoms with Gasteiger partial charge in [0.15, 0.2) is 0 Å². The first-order valence-corrected chi connectivity index (χ1v) is 14.7. The normalized spacial score (nSPS) is 14.3. The molecular formula is C32H31Cl2N3O7. The molecule has 0 aromatic heterocycles. The van der Waals surface area contributed by atoms with E-state index in [-0.39, 0.29) is 46.3 Å². The molecule has 0 heterocycles.